The monoisotopic (exact) mass is 447 g/mol. The molecule has 0 radical (unpaired) electrons. The molecule has 7 heteroatoms. The molecule has 1 aliphatic carbocycles. The molecule has 1 unspecified atom stereocenters. The van der Waals surface area contributed by atoms with Crippen molar-refractivity contribution in [2.24, 2.45) is 0 Å². The first kappa shape index (κ1) is 22.5. The van der Waals surface area contributed by atoms with Crippen molar-refractivity contribution < 1.29 is 19.4 Å². The third kappa shape index (κ3) is 3.85. The number of allylic oxidation sites excluding steroid dienone is 4. The molecule has 0 spiro atoms. The number of aliphatic hydroxyl groups excluding tert-OH is 1. The van der Waals surface area contributed by atoms with Gasteiger partial charge in [-0.2, -0.15) is 0 Å². The number of aromatic carboxylic acids is 1. The number of nitrogen functional groups attached to an aromatic ring is 1. The second-order valence-corrected chi connectivity index (χ2v) is 8.91. The predicted molar refractivity (Wildman–Crippen MR) is 129 cm³/mol. The quantitative estimate of drug-likeness (QED) is 0.307. The minimum Gasteiger partial charge on any atom is -0.478 e. The molecular formula is C26H26FN3O3. The number of carbonyl (C=O) groups is 1. The van der Waals surface area contributed by atoms with E-state index in [4.69, 9.17) is 11.1 Å². The van der Waals surface area contributed by atoms with Gasteiger partial charge in [0.15, 0.2) is 0 Å². The van der Waals surface area contributed by atoms with Gasteiger partial charge in [-0.3, -0.25) is 0 Å². The Labute approximate surface area is 191 Å². The first-order chi connectivity index (χ1) is 15.7. The lowest BCUT2D eigenvalue weighted by Crippen LogP contribution is -2.28. The van der Waals surface area contributed by atoms with E-state index in [9.17, 15) is 19.4 Å². The molecule has 0 saturated heterocycles. The molecule has 3 aromatic rings. The standard InChI is InChI=1S/C26H26FN3O3/c1-26(2,14-31)24-23(15-3-5-16(6-4-15)25(32)33)20-12-21(29)17(13-28)11-22(20)30(24)19-9-7-18(27)8-10-19/h3-9,11-13,19,28,31H,10,14,29H2,1-2H3,(H,32,33). The van der Waals surface area contributed by atoms with Crippen LogP contribution in [0.5, 0.6) is 0 Å². The number of halogens is 1. The number of carboxylic acids is 1. The summed E-state index contributed by atoms with van der Waals surface area (Å²) in [6.45, 7) is 3.71. The van der Waals surface area contributed by atoms with Gasteiger partial charge in [-0.1, -0.05) is 32.1 Å². The highest BCUT2D eigenvalue weighted by atomic mass is 19.1. The van der Waals surface area contributed by atoms with E-state index < -0.39 is 11.4 Å². The second kappa shape index (κ2) is 8.33. The Kier molecular flexibility index (Phi) is 5.68. The number of fused-ring (bicyclic) bond motifs is 1. The molecule has 1 atom stereocenters. The third-order valence-corrected chi connectivity index (χ3v) is 6.18. The fourth-order valence-electron chi connectivity index (χ4n) is 4.44. The van der Waals surface area contributed by atoms with Crippen LogP contribution in [0.1, 0.15) is 47.9 Å². The summed E-state index contributed by atoms with van der Waals surface area (Å²) < 4.78 is 15.8. The van der Waals surface area contributed by atoms with Crippen molar-refractivity contribution in [3.05, 3.63) is 77.3 Å². The number of nitrogens with two attached hydrogens (primary N) is 1. The smallest absolute Gasteiger partial charge is 0.335 e. The number of nitrogens with zero attached hydrogens (tertiary/aromatic N) is 1. The Bertz CT molecular complexity index is 1320. The number of hydrogen-bond acceptors (Lipinski definition) is 4. The van der Waals surface area contributed by atoms with Gasteiger partial charge in [0.1, 0.15) is 5.83 Å². The largest absolute Gasteiger partial charge is 0.478 e. The van der Waals surface area contributed by atoms with Gasteiger partial charge in [-0.25, -0.2) is 9.18 Å². The number of hydrogen-bond donors (Lipinski definition) is 4. The van der Waals surface area contributed by atoms with E-state index in [0.29, 0.717) is 17.7 Å². The molecule has 1 aromatic heterocycles. The van der Waals surface area contributed by atoms with Crippen LogP contribution in [0.3, 0.4) is 0 Å². The summed E-state index contributed by atoms with van der Waals surface area (Å²) in [7, 11) is 0. The zero-order valence-corrected chi connectivity index (χ0v) is 18.5. The molecule has 5 N–H and O–H groups in total. The maximum atomic E-state index is 13.8. The van der Waals surface area contributed by atoms with Crippen molar-refractivity contribution in [2.45, 2.75) is 31.7 Å². The third-order valence-electron chi connectivity index (χ3n) is 6.18. The molecule has 0 amide bonds. The van der Waals surface area contributed by atoms with Gasteiger partial charge in [-0.15, -0.1) is 0 Å². The minimum absolute atomic E-state index is 0.142. The minimum atomic E-state index is -1.01. The van der Waals surface area contributed by atoms with Gasteiger partial charge in [0, 0.05) is 39.5 Å². The van der Waals surface area contributed by atoms with Crippen LogP contribution in [0.4, 0.5) is 10.1 Å². The van der Waals surface area contributed by atoms with Crippen molar-refractivity contribution >= 4 is 28.8 Å². The van der Waals surface area contributed by atoms with E-state index in [2.05, 4.69) is 4.57 Å². The molecule has 0 aliphatic heterocycles. The predicted octanol–water partition coefficient (Wildman–Crippen LogP) is 5.21. The van der Waals surface area contributed by atoms with Crippen LogP contribution < -0.4 is 5.73 Å². The molecule has 1 aliphatic rings. The van der Waals surface area contributed by atoms with E-state index in [1.165, 1.54) is 18.4 Å². The van der Waals surface area contributed by atoms with E-state index in [1.54, 1.807) is 30.3 Å². The summed E-state index contributed by atoms with van der Waals surface area (Å²) in [5, 5.41) is 28.2. The molecule has 6 nitrogen and oxygen atoms in total. The molecule has 2 aromatic carbocycles. The van der Waals surface area contributed by atoms with Crippen molar-refractivity contribution in [2.75, 3.05) is 12.3 Å². The average molecular weight is 448 g/mol. The lowest BCUT2D eigenvalue weighted by atomic mass is 9.84. The molecule has 0 fully saturated rings. The van der Waals surface area contributed by atoms with Crippen LogP contribution in [0.15, 0.2) is 60.5 Å². The van der Waals surface area contributed by atoms with Crippen LogP contribution >= 0.6 is 0 Å². The van der Waals surface area contributed by atoms with Crippen LogP contribution in [0, 0.1) is 5.41 Å². The summed E-state index contributed by atoms with van der Waals surface area (Å²) in [6, 6.07) is 10.0. The van der Waals surface area contributed by atoms with E-state index in [-0.39, 0.29) is 24.0 Å². The average Bonchev–Trinajstić information content (AvgIpc) is 3.13. The number of anilines is 1. The van der Waals surface area contributed by atoms with Gasteiger partial charge in [0.25, 0.3) is 0 Å². The Balaban J connectivity index is 2.12. The second-order valence-electron chi connectivity index (χ2n) is 8.91. The van der Waals surface area contributed by atoms with Gasteiger partial charge in [0.05, 0.1) is 23.7 Å². The zero-order valence-electron chi connectivity index (χ0n) is 18.5. The van der Waals surface area contributed by atoms with E-state index in [0.717, 1.165) is 27.7 Å². The fraction of sp³-hybridized carbons (Fsp3) is 0.231. The van der Waals surface area contributed by atoms with Crippen LogP contribution in [-0.2, 0) is 5.41 Å². The summed E-state index contributed by atoms with van der Waals surface area (Å²) in [6.07, 6.45) is 6.39. The molecule has 0 bridgehead atoms. The van der Waals surface area contributed by atoms with Crippen LogP contribution in [0.25, 0.3) is 22.0 Å². The maximum Gasteiger partial charge on any atom is 0.335 e. The molecule has 170 valence electrons. The number of aromatic nitrogens is 1. The molecule has 1 heterocycles. The van der Waals surface area contributed by atoms with Crippen molar-refractivity contribution in [3.8, 4) is 11.1 Å². The molecular weight excluding hydrogens is 421 g/mol. The Morgan fingerprint density at radius 3 is 2.55 bits per heavy atom. The van der Waals surface area contributed by atoms with Crippen LogP contribution in [0.2, 0.25) is 0 Å². The fourth-order valence-corrected chi connectivity index (χ4v) is 4.44. The SMILES string of the molecule is CC(C)(CO)c1c(-c2ccc(C(=O)O)cc2)c2cc(N)c(C=N)cc2n1C1C=CC(F)=CC1. The molecule has 0 saturated carbocycles. The van der Waals surface area contributed by atoms with E-state index >= 15 is 0 Å². The summed E-state index contributed by atoms with van der Waals surface area (Å²) in [4.78, 5) is 11.4. The highest BCUT2D eigenvalue weighted by molar-refractivity contribution is 6.04. The molecule has 4 rings (SSSR count). The zero-order chi connectivity index (χ0) is 23.9. The summed E-state index contributed by atoms with van der Waals surface area (Å²) >= 11 is 0. The van der Waals surface area contributed by atoms with Gasteiger partial charge >= 0.3 is 5.97 Å². The lowest BCUT2D eigenvalue weighted by molar-refractivity contribution is 0.0697. The van der Waals surface area contributed by atoms with Crippen LogP contribution in [-0.4, -0.2) is 33.6 Å². The Hall–Kier alpha value is -3.71. The number of carboxylic acid groups (broad SMARTS) is 1. The lowest BCUT2D eigenvalue weighted by Gasteiger charge is -2.30. The number of rotatable bonds is 6. The van der Waals surface area contributed by atoms with Gasteiger partial charge in [-0.05, 0) is 48.4 Å². The Morgan fingerprint density at radius 1 is 1.30 bits per heavy atom. The van der Waals surface area contributed by atoms with Crippen molar-refractivity contribution in [1.29, 1.82) is 5.41 Å². The maximum absolute atomic E-state index is 13.8. The first-order valence-corrected chi connectivity index (χ1v) is 10.6. The normalized spacial score (nSPS) is 16.1. The highest BCUT2D eigenvalue weighted by Gasteiger charge is 2.33. The molecule has 33 heavy (non-hydrogen) atoms. The number of benzene rings is 2. The summed E-state index contributed by atoms with van der Waals surface area (Å²) in [5.41, 5.74) is 9.97. The van der Waals surface area contributed by atoms with Gasteiger partial charge in [0.2, 0.25) is 0 Å². The van der Waals surface area contributed by atoms with Crippen molar-refractivity contribution in [3.63, 3.8) is 0 Å². The van der Waals surface area contributed by atoms with Gasteiger partial charge < -0.3 is 25.9 Å². The Morgan fingerprint density at radius 2 is 2.00 bits per heavy atom. The topological polar surface area (TPSA) is 112 Å². The number of aliphatic hydroxyl groups is 1. The van der Waals surface area contributed by atoms with E-state index in [1.807, 2.05) is 26.0 Å². The number of nitrogens with one attached hydrogen (secondary N) is 1. The first-order valence-electron chi connectivity index (χ1n) is 10.6. The van der Waals surface area contributed by atoms with Crippen molar-refractivity contribution in [1.82, 2.24) is 4.57 Å². The summed E-state index contributed by atoms with van der Waals surface area (Å²) in [5.74, 6) is -1.31. The highest BCUT2D eigenvalue weighted by Crippen LogP contribution is 2.45.